The zero-order valence-corrected chi connectivity index (χ0v) is 19.4. The number of esters is 1. The monoisotopic (exact) mass is 448 g/mol. The average molecular weight is 449 g/mol. The molecule has 1 saturated heterocycles. The molecule has 1 aliphatic heterocycles. The molecule has 1 aliphatic carbocycles. The van der Waals surface area contributed by atoms with Gasteiger partial charge in [0.1, 0.15) is 6.61 Å². The summed E-state index contributed by atoms with van der Waals surface area (Å²) in [6.45, 7) is 8.18. The lowest BCUT2D eigenvalue weighted by Gasteiger charge is -2.32. The van der Waals surface area contributed by atoms with Crippen LogP contribution >= 0.6 is 0 Å². The van der Waals surface area contributed by atoms with Gasteiger partial charge >= 0.3 is 5.97 Å². The number of likely N-dealkylation sites (tertiary alicyclic amines) is 1. The number of nitrogens with zero attached hydrogens (tertiary/aromatic N) is 1. The summed E-state index contributed by atoms with van der Waals surface area (Å²) in [4.78, 5) is 39.8. The summed E-state index contributed by atoms with van der Waals surface area (Å²) in [5.74, 6) is -1.06. The summed E-state index contributed by atoms with van der Waals surface area (Å²) in [5.41, 5.74) is -0.558. The first kappa shape index (κ1) is 26.1. The fourth-order valence-corrected chi connectivity index (χ4v) is 4.74. The molecule has 0 bridgehead atoms. The molecule has 0 aromatic rings. The Morgan fingerprint density at radius 1 is 1.16 bits per heavy atom. The summed E-state index contributed by atoms with van der Waals surface area (Å²) < 4.78 is 5.54. The predicted octanol–water partition coefficient (Wildman–Crippen LogP) is 3.27. The largest absolute Gasteiger partial charge is 0.463 e. The predicted molar refractivity (Wildman–Crippen MR) is 124 cm³/mol. The van der Waals surface area contributed by atoms with Gasteiger partial charge in [0.2, 0.25) is 11.8 Å². The molecule has 2 rings (SSSR count). The third kappa shape index (κ3) is 7.76. The number of nitrogens with one attached hydrogen (secondary N) is 1. The van der Waals surface area contributed by atoms with Crippen LogP contribution in [-0.4, -0.2) is 59.1 Å². The van der Waals surface area contributed by atoms with E-state index in [1.54, 1.807) is 11.0 Å². The van der Waals surface area contributed by atoms with Crippen molar-refractivity contribution in [3.05, 3.63) is 25.3 Å². The lowest BCUT2D eigenvalue weighted by Crippen LogP contribution is -2.52. The number of hydrogen-bond donors (Lipinski definition) is 2. The number of amides is 2. The summed E-state index contributed by atoms with van der Waals surface area (Å²) in [7, 11) is 0. The van der Waals surface area contributed by atoms with E-state index in [1.807, 2.05) is 6.08 Å². The van der Waals surface area contributed by atoms with E-state index in [-0.39, 0.29) is 43.5 Å². The maximum atomic E-state index is 13.2. The van der Waals surface area contributed by atoms with Gasteiger partial charge < -0.3 is 20.1 Å². The van der Waals surface area contributed by atoms with Crippen LogP contribution in [0, 0.1) is 5.92 Å². The van der Waals surface area contributed by atoms with Gasteiger partial charge in [-0.25, -0.2) is 0 Å². The van der Waals surface area contributed by atoms with Gasteiger partial charge in [0.15, 0.2) is 0 Å². The number of carbonyl (C=O) groups excluding carboxylic acids is 3. The van der Waals surface area contributed by atoms with E-state index in [0.717, 1.165) is 57.8 Å². The Labute approximate surface area is 192 Å². The van der Waals surface area contributed by atoms with Crippen molar-refractivity contribution in [1.29, 1.82) is 0 Å². The van der Waals surface area contributed by atoms with Gasteiger partial charge in [0, 0.05) is 19.4 Å². The molecular formula is C25H40N2O5. The third-order valence-electron chi connectivity index (χ3n) is 6.65. The summed E-state index contributed by atoms with van der Waals surface area (Å²) >= 11 is 0. The molecule has 7 nitrogen and oxygen atoms in total. The number of aliphatic hydroxyl groups excluding tert-OH is 1. The van der Waals surface area contributed by atoms with Crippen LogP contribution < -0.4 is 5.32 Å². The van der Waals surface area contributed by atoms with E-state index < -0.39 is 11.5 Å². The van der Waals surface area contributed by atoms with E-state index in [4.69, 9.17) is 4.74 Å². The summed E-state index contributed by atoms with van der Waals surface area (Å²) in [6, 6.07) is -0.151. The highest BCUT2D eigenvalue weighted by Gasteiger charge is 2.39. The second-order valence-electron chi connectivity index (χ2n) is 9.16. The van der Waals surface area contributed by atoms with Crippen molar-refractivity contribution < 1.29 is 24.2 Å². The smallest absolute Gasteiger partial charge is 0.305 e. The highest BCUT2D eigenvalue weighted by molar-refractivity contribution is 5.86. The molecule has 1 saturated carbocycles. The molecule has 2 aliphatic rings. The Morgan fingerprint density at radius 3 is 2.56 bits per heavy atom. The van der Waals surface area contributed by atoms with Crippen LogP contribution in [0.2, 0.25) is 0 Å². The van der Waals surface area contributed by atoms with E-state index >= 15 is 0 Å². The minimum atomic E-state index is -0.558. The van der Waals surface area contributed by atoms with E-state index in [2.05, 4.69) is 18.5 Å². The number of allylic oxidation sites excluding steroid dienone is 2. The molecule has 32 heavy (non-hydrogen) atoms. The molecule has 2 N–H and O–H groups in total. The first-order chi connectivity index (χ1) is 15.4. The molecule has 0 aromatic heterocycles. The fraction of sp³-hybridized carbons (Fsp3) is 0.720. The highest BCUT2D eigenvalue weighted by Crippen LogP contribution is 2.31. The Hall–Kier alpha value is -2.15. The van der Waals surface area contributed by atoms with Crippen molar-refractivity contribution in [3.63, 3.8) is 0 Å². The lowest BCUT2D eigenvalue weighted by atomic mass is 9.94. The molecule has 0 aromatic carbocycles. The SMILES string of the molecule is C=CCCCCC(=O)OCC1(NC(=O)[C@H](CC=C)CC(=O)N2CCC[C@H]2CO)CCCC1. The van der Waals surface area contributed by atoms with Crippen molar-refractivity contribution in [1.82, 2.24) is 10.2 Å². The van der Waals surface area contributed by atoms with Crippen LogP contribution in [0.1, 0.15) is 77.0 Å². The van der Waals surface area contributed by atoms with E-state index in [9.17, 15) is 19.5 Å². The highest BCUT2D eigenvalue weighted by atomic mass is 16.5. The number of rotatable bonds is 14. The number of unbranched alkanes of at least 4 members (excludes halogenated alkanes) is 2. The number of carbonyl (C=O) groups is 3. The quantitative estimate of drug-likeness (QED) is 0.242. The second kappa shape index (κ2) is 13.4. The van der Waals surface area contributed by atoms with Crippen LogP contribution in [0.15, 0.2) is 25.3 Å². The Morgan fingerprint density at radius 2 is 1.91 bits per heavy atom. The zero-order chi connectivity index (χ0) is 23.4. The van der Waals surface area contributed by atoms with Gasteiger partial charge in [-0.15, -0.1) is 13.2 Å². The van der Waals surface area contributed by atoms with Crippen LogP contribution in [-0.2, 0) is 19.1 Å². The van der Waals surface area contributed by atoms with Crippen molar-refractivity contribution in [2.45, 2.75) is 88.6 Å². The Balaban J connectivity index is 1.93. The van der Waals surface area contributed by atoms with Gasteiger partial charge in [-0.1, -0.05) is 25.0 Å². The summed E-state index contributed by atoms with van der Waals surface area (Å²) in [6.07, 6.45) is 12.0. The molecule has 2 atom stereocenters. The van der Waals surface area contributed by atoms with E-state index in [1.165, 1.54) is 0 Å². The molecule has 0 spiro atoms. The molecule has 0 unspecified atom stereocenters. The molecule has 2 amide bonds. The average Bonchev–Trinajstić information content (AvgIpc) is 3.45. The van der Waals surface area contributed by atoms with E-state index in [0.29, 0.717) is 19.4 Å². The third-order valence-corrected chi connectivity index (χ3v) is 6.65. The molecule has 7 heteroatoms. The Kier molecular flexibility index (Phi) is 10.9. The summed E-state index contributed by atoms with van der Waals surface area (Å²) in [5, 5.41) is 12.6. The van der Waals surface area contributed by atoms with Crippen LogP contribution in [0.5, 0.6) is 0 Å². The lowest BCUT2D eigenvalue weighted by molar-refractivity contribution is -0.147. The zero-order valence-electron chi connectivity index (χ0n) is 19.4. The first-order valence-electron chi connectivity index (χ1n) is 12.0. The normalized spacial score (nSPS) is 20.5. The standard InChI is InChI=1S/C25H40N2O5/c1-3-5-6-7-13-23(30)32-19-25(14-8-9-15-25)26-24(31)20(11-4-2)17-22(29)27-16-10-12-21(27)18-28/h3-4,20-21,28H,1-2,5-19H2,(H,26,31)/t20-,21+/m1/s1. The second-order valence-corrected chi connectivity index (χ2v) is 9.16. The maximum Gasteiger partial charge on any atom is 0.305 e. The van der Waals surface area contributed by atoms with Gasteiger partial charge in [-0.2, -0.15) is 0 Å². The van der Waals surface area contributed by atoms with Gasteiger partial charge in [-0.05, 0) is 51.4 Å². The van der Waals surface area contributed by atoms with Gasteiger partial charge in [-0.3, -0.25) is 14.4 Å². The number of hydrogen-bond acceptors (Lipinski definition) is 5. The van der Waals surface area contributed by atoms with Crippen LogP contribution in [0.25, 0.3) is 0 Å². The van der Waals surface area contributed by atoms with Crippen molar-refractivity contribution >= 4 is 17.8 Å². The molecule has 180 valence electrons. The molecule has 1 heterocycles. The first-order valence-corrected chi connectivity index (χ1v) is 12.0. The number of aliphatic hydroxyl groups is 1. The molecule has 0 radical (unpaired) electrons. The number of ether oxygens (including phenoxy) is 1. The molecule has 2 fully saturated rings. The van der Waals surface area contributed by atoms with Gasteiger partial charge in [0.05, 0.1) is 24.1 Å². The minimum absolute atomic E-state index is 0.0495. The van der Waals surface area contributed by atoms with Crippen molar-refractivity contribution in [2.24, 2.45) is 5.92 Å². The van der Waals surface area contributed by atoms with Crippen LogP contribution in [0.3, 0.4) is 0 Å². The fourth-order valence-electron chi connectivity index (χ4n) is 4.74. The topological polar surface area (TPSA) is 95.9 Å². The van der Waals surface area contributed by atoms with Crippen molar-refractivity contribution in [3.8, 4) is 0 Å². The Bertz CT molecular complexity index is 657. The molecular weight excluding hydrogens is 408 g/mol. The minimum Gasteiger partial charge on any atom is -0.463 e. The van der Waals surface area contributed by atoms with Crippen molar-refractivity contribution in [2.75, 3.05) is 19.8 Å². The van der Waals surface area contributed by atoms with Gasteiger partial charge in [0.25, 0.3) is 0 Å². The van der Waals surface area contributed by atoms with Crippen LogP contribution in [0.4, 0.5) is 0 Å². The maximum absolute atomic E-state index is 13.2.